The molecule has 0 bridgehead atoms. The third-order valence-electron chi connectivity index (χ3n) is 2.87. The van der Waals surface area contributed by atoms with Crippen LogP contribution in [-0.2, 0) is 11.3 Å². The average Bonchev–Trinajstić information content (AvgIpc) is 2.44. The Morgan fingerprint density at radius 3 is 2.79 bits per heavy atom. The molecule has 1 unspecified atom stereocenters. The molecule has 5 heteroatoms. The number of methoxy groups -OCH3 is 1. The maximum atomic E-state index is 11.6. The van der Waals surface area contributed by atoms with Gasteiger partial charge in [-0.05, 0) is 19.4 Å². The zero-order valence-electron chi connectivity index (χ0n) is 11.7. The largest absolute Gasteiger partial charge is 0.497 e. The number of ether oxygens (including phenoxy) is 2. The highest BCUT2D eigenvalue weighted by atomic mass is 16.5. The molecule has 0 aliphatic rings. The minimum atomic E-state index is -0.139. The van der Waals surface area contributed by atoms with E-state index in [2.05, 4.69) is 5.32 Å². The normalized spacial score (nSPS) is 11.8. The fourth-order valence-electron chi connectivity index (χ4n) is 1.53. The first-order valence-corrected chi connectivity index (χ1v) is 6.39. The highest BCUT2D eigenvalue weighted by molar-refractivity contribution is 5.77. The Morgan fingerprint density at radius 1 is 1.47 bits per heavy atom. The predicted molar refractivity (Wildman–Crippen MR) is 74.3 cm³/mol. The minimum Gasteiger partial charge on any atom is -0.497 e. The van der Waals surface area contributed by atoms with Crippen LogP contribution < -0.4 is 20.5 Å². The molecular formula is C14H22N2O3. The van der Waals surface area contributed by atoms with Crippen molar-refractivity contribution in [3.8, 4) is 11.5 Å². The van der Waals surface area contributed by atoms with E-state index in [-0.39, 0.29) is 18.6 Å². The summed E-state index contributed by atoms with van der Waals surface area (Å²) < 4.78 is 10.6. The third kappa shape index (κ3) is 4.79. The van der Waals surface area contributed by atoms with E-state index < -0.39 is 0 Å². The van der Waals surface area contributed by atoms with Crippen molar-refractivity contribution in [1.82, 2.24) is 5.32 Å². The van der Waals surface area contributed by atoms with Gasteiger partial charge in [-0.1, -0.05) is 13.0 Å². The van der Waals surface area contributed by atoms with Gasteiger partial charge in [0.1, 0.15) is 11.5 Å². The highest BCUT2D eigenvalue weighted by Crippen LogP contribution is 2.24. The first-order chi connectivity index (χ1) is 9.10. The second kappa shape index (κ2) is 7.63. The standard InChI is InChI=1S/C14H22N2O3/c1-4-10(2)16-14(17)9-19-13-7-12(18-3)6-5-11(13)8-15/h5-7,10H,4,8-9,15H2,1-3H3,(H,16,17). The van der Waals surface area contributed by atoms with E-state index in [4.69, 9.17) is 15.2 Å². The highest BCUT2D eigenvalue weighted by Gasteiger charge is 2.09. The molecule has 0 aliphatic carbocycles. The fourth-order valence-corrected chi connectivity index (χ4v) is 1.53. The molecule has 5 nitrogen and oxygen atoms in total. The van der Waals surface area contributed by atoms with Crippen LogP contribution in [0.25, 0.3) is 0 Å². The van der Waals surface area contributed by atoms with Crippen LogP contribution >= 0.6 is 0 Å². The topological polar surface area (TPSA) is 73.6 Å². The van der Waals surface area contributed by atoms with Crippen molar-refractivity contribution in [2.75, 3.05) is 13.7 Å². The number of hydrogen-bond donors (Lipinski definition) is 2. The number of benzene rings is 1. The van der Waals surface area contributed by atoms with E-state index in [1.165, 1.54) is 0 Å². The maximum absolute atomic E-state index is 11.6. The Morgan fingerprint density at radius 2 is 2.21 bits per heavy atom. The molecule has 0 heterocycles. The molecule has 0 fully saturated rings. The summed E-state index contributed by atoms with van der Waals surface area (Å²) in [5.41, 5.74) is 6.47. The summed E-state index contributed by atoms with van der Waals surface area (Å²) in [7, 11) is 1.58. The van der Waals surface area contributed by atoms with Crippen LogP contribution in [-0.4, -0.2) is 25.7 Å². The van der Waals surface area contributed by atoms with E-state index in [1.54, 1.807) is 13.2 Å². The predicted octanol–water partition coefficient (Wildman–Crippen LogP) is 1.45. The van der Waals surface area contributed by atoms with Gasteiger partial charge in [0, 0.05) is 24.2 Å². The van der Waals surface area contributed by atoms with Crippen molar-refractivity contribution in [3.05, 3.63) is 23.8 Å². The van der Waals surface area contributed by atoms with Crippen LogP contribution in [0.4, 0.5) is 0 Å². The van der Waals surface area contributed by atoms with Crippen molar-refractivity contribution in [2.45, 2.75) is 32.9 Å². The van der Waals surface area contributed by atoms with Gasteiger partial charge in [0.05, 0.1) is 7.11 Å². The second-order valence-electron chi connectivity index (χ2n) is 4.34. The number of amides is 1. The van der Waals surface area contributed by atoms with E-state index in [0.717, 1.165) is 12.0 Å². The number of nitrogens with one attached hydrogen (secondary N) is 1. The van der Waals surface area contributed by atoms with Crippen molar-refractivity contribution in [1.29, 1.82) is 0 Å². The first-order valence-electron chi connectivity index (χ1n) is 6.39. The molecule has 106 valence electrons. The number of carbonyl (C=O) groups is 1. The van der Waals surface area contributed by atoms with Crippen LogP contribution in [0.5, 0.6) is 11.5 Å². The Bertz CT molecular complexity index is 421. The molecule has 1 aromatic rings. The molecule has 1 amide bonds. The monoisotopic (exact) mass is 266 g/mol. The summed E-state index contributed by atoms with van der Waals surface area (Å²) in [6, 6.07) is 5.53. The van der Waals surface area contributed by atoms with E-state index in [0.29, 0.717) is 18.0 Å². The van der Waals surface area contributed by atoms with Crippen LogP contribution in [0.1, 0.15) is 25.8 Å². The zero-order chi connectivity index (χ0) is 14.3. The third-order valence-corrected chi connectivity index (χ3v) is 2.87. The van der Waals surface area contributed by atoms with Gasteiger partial charge in [0.25, 0.3) is 5.91 Å². The number of rotatable bonds is 7. The molecule has 0 radical (unpaired) electrons. The molecule has 0 saturated carbocycles. The lowest BCUT2D eigenvalue weighted by molar-refractivity contribution is -0.123. The van der Waals surface area contributed by atoms with Crippen LogP contribution in [0, 0.1) is 0 Å². The van der Waals surface area contributed by atoms with Crippen molar-refractivity contribution in [3.63, 3.8) is 0 Å². The maximum Gasteiger partial charge on any atom is 0.258 e. The lowest BCUT2D eigenvalue weighted by Gasteiger charge is -2.14. The Kier molecular flexibility index (Phi) is 6.15. The van der Waals surface area contributed by atoms with Gasteiger partial charge in [0.2, 0.25) is 0 Å². The fraction of sp³-hybridized carbons (Fsp3) is 0.500. The van der Waals surface area contributed by atoms with E-state index >= 15 is 0 Å². The Labute approximate surface area is 114 Å². The van der Waals surface area contributed by atoms with Gasteiger partial charge >= 0.3 is 0 Å². The summed E-state index contributed by atoms with van der Waals surface area (Å²) in [4.78, 5) is 11.6. The van der Waals surface area contributed by atoms with E-state index in [1.807, 2.05) is 26.0 Å². The molecule has 1 aromatic carbocycles. The van der Waals surface area contributed by atoms with Gasteiger partial charge < -0.3 is 20.5 Å². The molecule has 0 saturated heterocycles. The van der Waals surface area contributed by atoms with Gasteiger partial charge in [0.15, 0.2) is 6.61 Å². The SMILES string of the molecule is CCC(C)NC(=O)COc1cc(OC)ccc1CN. The summed E-state index contributed by atoms with van der Waals surface area (Å²) in [6.45, 7) is 4.30. The molecule has 0 aliphatic heterocycles. The lowest BCUT2D eigenvalue weighted by Crippen LogP contribution is -2.35. The molecular weight excluding hydrogens is 244 g/mol. The molecule has 3 N–H and O–H groups in total. The first kappa shape index (κ1) is 15.3. The molecule has 1 atom stereocenters. The van der Waals surface area contributed by atoms with Crippen molar-refractivity contribution >= 4 is 5.91 Å². The molecule has 0 spiro atoms. The number of hydrogen-bond acceptors (Lipinski definition) is 4. The van der Waals surface area contributed by atoms with Crippen LogP contribution in [0.3, 0.4) is 0 Å². The second-order valence-corrected chi connectivity index (χ2v) is 4.34. The average molecular weight is 266 g/mol. The van der Waals surface area contributed by atoms with Crippen LogP contribution in [0.2, 0.25) is 0 Å². The van der Waals surface area contributed by atoms with E-state index in [9.17, 15) is 4.79 Å². The summed E-state index contributed by atoms with van der Waals surface area (Å²) in [5.74, 6) is 1.12. The lowest BCUT2D eigenvalue weighted by atomic mass is 10.2. The summed E-state index contributed by atoms with van der Waals surface area (Å²) >= 11 is 0. The summed E-state index contributed by atoms with van der Waals surface area (Å²) in [6.07, 6.45) is 0.888. The quantitative estimate of drug-likeness (QED) is 0.783. The molecule has 19 heavy (non-hydrogen) atoms. The smallest absolute Gasteiger partial charge is 0.258 e. The van der Waals surface area contributed by atoms with Crippen LogP contribution in [0.15, 0.2) is 18.2 Å². The minimum absolute atomic E-state index is 0.0233. The Hall–Kier alpha value is -1.75. The number of carbonyl (C=O) groups excluding carboxylic acids is 1. The number of nitrogens with two attached hydrogens (primary N) is 1. The van der Waals surface area contributed by atoms with Crippen molar-refractivity contribution in [2.24, 2.45) is 5.73 Å². The van der Waals surface area contributed by atoms with Gasteiger partial charge in [-0.3, -0.25) is 4.79 Å². The van der Waals surface area contributed by atoms with Crippen molar-refractivity contribution < 1.29 is 14.3 Å². The van der Waals surface area contributed by atoms with Gasteiger partial charge in [-0.15, -0.1) is 0 Å². The van der Waals surface area contributed by atoms with Gasteiger partial charge in [-0.25, -0.2) is 0 Å². The summed E-state index contributed by atoms with van der Waals surface area (Å²) in [5, 5.41) is 2.84. The van der Waals surface area contributed by atoms with Gasteiger partial charge in [-0.2, -0.15) is 0 Å². The molecule has 0 aromatic heterocycles. The zero-order valence-corrected chi connectivity index (χ0v) is 11.7. The Balaban J connectivity index is 2.63. The molecule has 1 rings (SSSR count).